The van der Waals surface area contributed by atoms with Gasteiger partial charge in [-0.3, -0.25) is 19.8 Å². The number of amides is 2. The van der Waals surface area contributed by atoms with Gasteiger partial charge in [0.2, 0.25) is 5.91 Å². The molecule has 1 fully saturated rings. The van der Waals surface area contributed by atoms with Gasteiger partial charge in [-0.25, -0.2) is 0 Å². The van der Waals surface area contributed by atoms with Crippen molar-refractivity contribution in [3.8, 4) is 0 Å². The Morgan fingerprint density at radius 2 is 2.44 bits per heavy atom. The average Bonchev–Trinajstić information content (AvgIpc) is 2.81. The summed E-state index contributed by atoms with van der Waals surface area (Å²) in [5, 5.41) is 5.60. The Labute approximate surface area is 105 Å². The number of carbonyl (C=O) groups is 2. The van der Waals surface area contributed by atoms with Crippen molar-refractivity contribution in [2.45, 2.75) is 13.0 Å². The number of carbonyl (C=O) groups excluding carboxylic acids is 2. The molecule has 0 spiro atoms. The normalized spacial score (nSPS) is 20.6. The summed E-state index contributed by atoms with van der Waals surface area (Å²) >= 11 is 0. The second-order valence-electron chi connectivity index (χ2n) is 4.44. The molecule has 98 valence electrons. The Morgan fingerprint density at radius 3 is 3.11 bits per heavy atom. The van der Waals surface area contributed by atoms with Gasteiger partial charge < -0.3 is 9.73 Å². The summed E-state index contributed by atoms with van der Waals surface area (Å²) in [7, 11) is 0. The number of piperazine rings is 1. The highest BCUT2D eigenvalue weighted by molar-refractivity contribution is 6.03. The van der Waals surface area contributed by atoms with Crippen LogP contribution in [0.1, 0.15) is 17.5 Å². The van der Waals surface area contributed by atoms with Crippen LogP contribution >= 0.6 is 0 Å². The van der Waals surface area contributed by atoms with E-state index in [4.69, 9.17) is 4.42 Å². The van der Waals surface area contributed by atoms with Crippen LogP contribution in [0, 0.1) is 0 Å². The van der Waals surface area contributed by atoms with E-state index in [2.05, 4.69) is 17.6 Å². The summed E-state index contributed by atoms with van der Waals surface area (Å²) < 4.78 is 4.92. The van der Waals surface area contributed by atoms with Crippen molar-refractivity contribution in [1.29, 1.82) is 0 Å². The molecule has 1 aliphatic rings. The molecule has 2 rings (SSSR count). The molecule has 0 aromatic carbocycles. The molecule has 2 N–H and O–H groups in total. The predicted octanol–water partition coefficient (Wildman–Crippen LogP) is -0.170. The fourth-order valence-electron chi connectivity index (χ4n) is 1.99. The average molecular weight is 251 g/mol. The van der Waals surface area contributed by atoms with Crippen LogP contribution in [0.5, 0.6) is 0 Å². The molecule has 0 radical (unpaired) electrons. The SMILES string of the molecule is C[C@@H]1CN(CC(=O)NC(=O)c2ccco2)CCN1. The number of nitrogens with one attached hydrogen (secondary N) is 2. The number of imide groups is 1. The fourth-order valence-corrected chi connectivity index (χ4v) is 1.99. The largest absolute Gasteiger partial charge is 0.459 e. The minimum Gasteiger partial charge on any atom is -0.459 e. The lowest BCUT2D eigenvalue weighted by atomic mass is 10.2. The van der Waals surface area contributed by atoms with E-state index in [1.807, 2.05) is 4.90 Å². The van der Waals surface area contributed by atoms with Gasteiger partial charge in [0.25, 0.3) is 5.91 Å². The molecule has 1 saturated heterocycles. The second-order valence-corrected chi connectivity index (χ2v) is 4.44. The number of nitrogens with zero attached hydrogens (tertiary/aromatic N) is 1. The Hall–Kier alpha value is -1.66. The molecule has 2 amide bonds. The van der Waals surface area contributed by atoms with Gasteiger partial charge in [-0.2, -0.15) is 0 Å². The first kappa shape index (κ1) is 12.8. The zero-order valence-corrected chi connectivity index (χ0v) is 10.3. The van der Waals surface area contributed by atoms with Gasteiger partial charge in [0, 0.05) is 25.7 Å². The van der Waals surface area contributed by atoms with Crippen molar-refractivity contribution >= 4 is 11.8 Å². The van der Waals surface area contributed by atoms with Gasteiger partial charge in [0.15, 0.2) is 5.76 Å². The zero-order valence-electron chi connectivity index (χ0n) is 10.3. The third-order valence-corrected chi connectivity index (χ3v) is 2.82. The third-order valence-electron chi connectivity index (χ3n) is 2.82. The smallest absolute Gasteiger partial charge is 0.293 e. The molecular weight excluding hydrogens is 234 g/mol. The Balaban J connectivity index is 1.80. The molecule has 6 heteroatoms. The van der Waals surface area contributed by atoms with Crippen LogP contribution in [-0.4, -0.2) is 48.9 Å². The molecule has 0 bridgehead atoms. The summed E-state index contributed by atoms with van der Waals surface area (Å²) in [4.78, 5) is 25.3. The van der Waals surface area contributed by atoms with E-state index >= 15 is 0 Å². The van der Waals surface area contributed by atoms with Gasteiger partial charge in [-0.05, 0) is 19.1 Å². The quantitative estimate of drug-likeness (QED) is 0.780. The molecule has 1 aromatic rings. The minimum absolute atomic E-state index is 0.150. The molecule has 1 aliphatic heterocycles. The third kappa shape index (κ3) is 3.41. The van der Waals surface area contributed by atoms with Crippen molar-refractivity contribution < 1.29 is 14.0 Å². The van der Waals surface area contributed by atoms with Gasteiger partial charge in [0.1, 0.15) is 0 Å². The van der Waals surface area contributed by atoms with E-state index in [0.29, 0.717) is 6.04 Å². The molecule has 1 atom stereocenters. The fraction of sp³-hybridized carbons (Fsp3) is 0.500. The predicted molar refractivity (Wildman–Crippen MR) is 65.1 cm³/mol. The van der Waals surface area contributed by atoms with Crippen LogP contribution in [0.2, 0.25) is 0 Å². The summed E-state index contributed by atoms with van der Waals surface area (Å²) in [6.45, 7) is 4.78. The Kier molecular flexibility index (Phi) is 4.11. The van der Waals surface area contributed by atoms with Crippen LogP contribution in [0.3, 0.4) is 0 Å². The van der Waals surface area contributed by atoms with Gasteiger partial charge >= 0.3 is 0 Å². The van der Waals surface area contributed by atoms with E-state index in [1.165, 1.54) is 12.3 Å². The van der Waals surface area contributed by atoms with Crippen LogP contribution < -0.4 is 10.6 Å². The first-order valence-corrected chi connectivity index (χ1v) is 5.98. The molecule has 0 aliphatic carbocycles. The first-order valence-electron chi connectivity index (χ1n) is 5.98. The summed E-state index contributed by atoms with van der Waals surface area (Å²) in [5.41, 5.74) is 0. The van der Waals surface area contributed by atoms with Crippen LogP contribution in [-0.2, 0) is 4.79 Å². The summed E-state index contributed by atoms with van der Waals surface area (Å²) in [6.07, 6.45) is 1.40. The number of rotatable bonds is 3. The molecular formula is C12H17N3O3. The highest BCUT2D eigenvalue weighted by Crippen LogP contribution is 2.00. The van der Waals surface area contributed by atoms with Crippen LogP contribution in [0.4, 0.5) is 0 Å². The van der Waals surface area contributed by atoms with Crippen LogP contribution in [0.15, 0.2) is 22.8 Å². The number of furan rings is 1. The molecule has 6 nitrogen and oxygen atoms in total. The Morgan fingerprint density at radius 1 is 1.61 bits per heavy atom. The summed E-state index contributed by atoms with van der Waals surface area (Å²) in [5.74, 6) is -0.643. The topological polar surface area (TPSA) is 74.6 Å². The van der Waals surface area contributed by atoms with Crippen molar-refractivity contribution in [2.75, 3.05) is 26.2 Å². The molecule has 0 unspecified atom stereocenters. The minimum atomic E-state index is -0.492. The molecule has 18 heavy (non-hydrogen) atoms. The van der Waals surface area contributed by atoms with E-state index in [0.717, 1.165) is 19.6 Å². The molecule has 0 saturated carbocycles. The number of hydrogen-bond acceptors (Lipinski definition) is 5. The maximum Gasteiger partial charge on any atom is 0.293 e. The van der Waals surface area contributed by atoms with Crippen molar-refractivity contribution in [1.82, 2.24) is 15.5 Å². The zero-order chi connectivity index (χ0) is 13.0. The van der Waals surface area contributed by atoms with Crippen molar-refractivity contribution in [3.05, 3.63) is 24.2 Å². The lowest BCUT2D eigenvalue weighted by molar-refractivity contribution is -0.121. The van der Waals surface area contributed by atoms with Gasteiger partial charge in [-0.15, -0.1) is 0 Å². The van der Waals surface area contributed by atoms with Gasteiger partial charge in [0.05, 0.1) is 12.8 Å². The second kappa shape index (κ2) is 5.79. The van der Waals surface area contributed by atoms with Crippen molar-refractivity contribution in [2.24, 2.45) is 0 Å². The highest BCUT2D eigenvalue weighted by atomic mass is 16.3. The molecule has 1 aromatic heterocycles. The van der Waals surface area contributed by atoms with E-state index < -0.39 is 5.91 Å². The molecule has 2 heterocycles. The van der Waals surface area contributed by atoms with Gasteiger partial charge in [-0.1, -0.05) is 0 Å². The van der Waals surface area contributed by atoms with E-state index in [9.17, 15) is 9.59 Å². The standard InChI is InChI=1S/C12H17N3O3/c1-9-7-15(5-4-13-9)8-11(16)14-12(17)10-3-2-6-18-10/h2-3,6,9,13H,4-5,7-8H2,1H3,(H,14,16,17)/t9-/m1/s1. The Bertz CT molecular complexity index is 416. The maximum atomic E-state index is 11.7. The lowest BCUT2D eigenvalue weighted by Gasteiger charge is -2.30. The summed E-state index contributed by atoms with van der Waals surface area (Å²) in [6, 6.07) is 3.50. The number of hydrogen-bond donors (Lipinski definition) is 2. The lowest BCUT2D eigenvalue weighted by Crippen LogP contribution is -2.52. The monoisotopic (exact) mass is 251 g/mol. The van der Waals surface area contributed by atoms with E-state index in [-0.39, 0.29) is 18.2 Å². The first-order chi connectivity index (χ1) is 8.65. The van der Waals surface area contributed by atoms with Crippen molar-refractivity contribution in [3.63, 3.8) is 0 Å². The maximum absolute atomic E-state index is 11.7. The van der Waals surface area contributed by atoms with E-state index in [1.54, 1.807) is 6.07 Å². The van der Waals surface area contributed by atoms with Crippen LogP contribution in [0.25, 0.3) is 0 Å². The highest BCUT2D eigenvalue weighted by Gasteiger charge is 2.19.